The summed E-state index contributed by atoms with van der Waals surface area (Å²) < 4.78 is 21.6. The molecule has 5 rings (SSSR count). The van der Waals surface area contributed by atoms with Crippen LogP contribution in [0.25, 0.3) is 11.4 Å². The van der Waals surface area contributed by atoms with E-state index in [0.717, 1.165) is 24.1 Å². The van der Waals surface area contributed by atoms with Crippen LogP contribution in [0.1, 0.15) is 33.7 Å². The Morgan fingerprint density at radius 1 is 1.06 bits per heavy atom. The molecule has 0 unspecified atom stereocenters. The van der Waals surface area contributed by atoms with Crippen LogP contribution in [0.4, 0.5) is 10.2 Å². The molecule has 0 saturated heterocycles. The quantitative estimate of drug-likeness (QED) is 0.432. The molecule has 2 heterocycles. The average Bonchev–Trinajstić information content (AvgIpc) is 3.59. The molecule has 0 aliphatic heterocycles. The van der Waals surface area contributed by atoms with Gasteiger partial charge in [-0.1, -0.05) is 18.2 Å². The number of halogens is 1. The third-order valence-electron chi connectivity index (χ3n) is 5.68. The maximum atomic E-state index is 13.3. The first-order valence-corrected chi connectivity index (χ1v) is 10.9. The summed E-state index contributed by atoms with van der Waals surface area (Å²) in [5, 5.41) is 20.6. The van der Waals surface area contributed by atoms with Crippen LogP contribution in [-0.4, -0.2) is 38.0 Å². The van der Waals surface area contributed by atoms with Crippen molar-refractivity contribution in [2.45, 2.75) is 19.3 Å². The van der Waals surface area contributed by atoms with Crippen LogP contribution < -0.4 is 5.32 Å². The summed E-state index contributed by atoms with van der Waals surface area (Å²) in [5.41, 5.74) is 3.25. The van der Waals surface area contributed by atoms with Gasteiger partial charge >= 0.3 is 5.97 Å². The number of ether oxygens (including phenoxy) is 1. The van der Waals surface area contributed by atoms with E-state index in [1.54, 1.807) is 41.1 Å². The number of rotatable bonds is 6. The Bertz CT molecular complexity index is 1450. The lowest BCUT2D eigenvalue weighted by molar-refractivity contribution is -0.119. The van der Waals surface area contributed by atoms with Crippen molar-refractivity contribution in [1.29, 1.82) is 5.26 Å². The van der Waals surface area contributed by atoms with Gasteiger partial charge in [0.05, 0.1) is 17.6 Å². The molecule has 35 heavy (non-hydrogen) atoms. The highest BCUT2D eigenvalue weighted by molar-refractivity contribution is 5.96. The van der Waals surface area contributed by atoms with Gasteiger partial charge < -0.3 is 10.1 Å². The van der Waals surface area contributed by atoms with E-state index < -0.39 is 18.5 Å². The molecule has 0 atom stereocenters. The van der Waals surface area contributed by atoms with E-state index >= 15 is 0 Å². The summed E-state index contributed by atoms with van der Waals surface area (Å²) in [6.07, 6.45) is 3.60. The van der Waals surface area contributed by atoms with Gasteiger partial charge in [0.2, 0.25) is 0 Å². The van der Waals surface area contributed by atoms with Gasteiger partial charge in [0, 0.05) is 11.3 Å². The van der Waals surface area contributed by atoms with Crippen LogP contribution in [0.2, 0.25) is 0 Å². The van der Waals surface area contributed by atoms with Gasteiger partial charge in [-0.3, -0.25) is 4.79 Å². The van der Waals surface area contributed by atoms with Crippen molar-refractivity contribution >= 4 is 17.7 Å². The van der Waals surface area contributed by atoms with Crippen LogP contribution in [0.15, 0.2) is 60.8 Å². The number of amides is 1. The molecule has 0 bridgehead atoms. The van der Waals surface area contributed by atoms with Gasteiger partial charge in [0.25, 0.3) is 5.91 Å². The molecule has 1 amide bonds. The third-order valence-corrected chi connectivity index (χ3v) is 5.68. The van der Waals surface area contributed by atoms with E-state index in [-0.39, 0.29) is 22.9 Å². The summed E-state index contributed by atoms with van der Waals surface area (Å²) in [6, 6.07) is 16.8. The highest BCUT2D eigenvalue weighted by atomic mass is 19.1. The highest BCUT2D eigenvalue weighted by Gasteiger charge is 2.28. The minimum atomic E-state index is -0.726. The first-order chi connectivity index (χ1) is 17.0. The Kier molecular flexibility index (Phi) is 5.81. The molecule has 9 nitrogen and oxygen atoms in total. The average molecular weight is 470 g/mol. The summed E-state index contributed by atoms with van der Waals surface area (Å²) in [4.78, 5) is 25.4. The summed E-state index contributed by atoms with van der Waals surface area (Å²) in [5.74, 6) is -1.53. The fourth-order valence-electron chi connectivity index (χ4n) is 4.08. The molecular formula is C25H19FN6O3. The third kappa shape index (κ3) is 4.27. The van der Waals surface area contributed by atoms with Crippen molar-refractivity contribution in [3.8, 4) is 17.4 Å². The first kappa shape index (κ1) is 22.0. The molecular weight excluding hydrogens is 451 g/mol. The lowest BCUT2D eigenvalue weighted by Crippen LogP contribution is -2.23. The second-order valence-electron chi connectivity index (χ2n) is 7.91. The largest absolute Gasteiger partial charge is 0.451 e. The maximum absolute atomic E-state index is 13.3. The Balaban J connectivity index is 1.31. The second kappa shape index (κ2) is 9.23. The van der Waals surface area contributed by atoms with Crippen molar-refractivity contribution in [2.24, 2.45) is 0 Å². The van der Waals surface area contributed by atoms with E-state index in [0.29, 0.717) is 17.8 Å². The number of aromatic nitrogens is 4. The van der Waals surface area contributed by atoms with E-state index in [1.807, 2.05) is 12.1 Å². The van der Waals surface area contributed by atoms with Crippen molar-refractivity contribution < 1.29 is 18.7 Å². The van der Waals surface area contributed by atoms with Crippen molar-refractivity contribution in [2.75, 3.05) is 11.9 Å². The molecule has 0 radical (unpaired) electrons. The first-order valence-electron chi connectivity index (χ1n) is 10.9. The van der Waals surface area contributed by atoms with Crippen LogP contribution in [0, 0.1) is 17.1 Å². The molecule has 4 aromatic rings. The lowest BCUT2D eigenvalue weighted by Gasteiger charge is -2.10. The Morgan fingerprint density at radius 3 is 2.54 bits per heavy atom. The van der Waals surface area contributed by atoms with Gasteiger partial charge in [0.15, 0.2) is 18.1 Å². The number of hydrogen-bond acceptors (Lipinski definition) is 6. The number of benzene rings is 2. The Labute approximate surface area is 199 Å². The summed E-state index contributed by atoms with van der Waals surface area (Å²) in [7, 11) is 0. The topological polar surface area (TPSA) is 115 Å². The standard InChI is InChI=1S/C25H19FN6O3/c26-17-9-11-19(12-10-17)31-21-8-4-7-20(21)23(30-31)25(34)35-15-22(33)29-24-16(13-27)14-28-32(24)18-5-2-1-3-6-18/h1-3,5-6,9-12,14H,4,7-8,15H2,(H,29,33). The molecule has 1 aliphatic rings. The smallest absolute Gasteiger partial charge is 0.359 e. The number of anilines is 1. The number of carbonyl (C=O) groups excluding carboxylic acids is 2. The van der Waals surface area contributed by atoms with Gasteiger partial charge in [-0.15, -0.1) is 0 Å². The molecule has 0 fully saturated rings. The molecule has 174 valence electrons. The number of nitrogens with zero attached hydrogens (tertiary/aromatic N) is 5. The van der Waals surface area contributed by atoms with Crippen LogP contribution in [-0.2, 0) is 22.4 Å². The van der Waals surface area contributed by atoms with Crippen molar-refractivity contribution in [3.05, 3.63) is 89.1 Å². The lowest BCUT2D eigenvalue weighted by atomic mass is 10.2. The SMILES string of the molecule is N#Cc1cnn(-c2ccccc2)c1NC(=O)COC(=O)c1nn(-c2ccc(F)cc2)c2c1CCC2. The molecule has 1 aliphatic carbocycles. The maximum Gasteiger partial charge on any atom is 0.359 e. The van der Waals surface area contributed by atoms with E-state index in [2.05, 4.69) is 15.5 Å². The molecule has 1 N–H and O–H groups in total. The van der Waals surface area contributed by atoms with Crippen LogP contribution in [0.5, 0.6) is 0 Å². The zero-order valence-electron chi connectivity index (χ0n) is 18.4. The van der Waals surface area contributed by atoms with Crippen molar-refractivity contribution in [1.82, 2.24) is 19.6 Å². The molecule has 2 aromatic carbocycles. The number of nitriles is 1. The summed E-state index contributed by atoms with van der Waals surface area (Å²) in [6.45, 7) is -0.568. The predicted octanol–water partition coefficient (Wildman–Crippen LogP) is 3.35. The molecule has 0 spiro atoms. The van der Waals surface area contributed by atoms with E-state index in [1.165, 1.54) is 23.0 Å². The Hall–Kier alpha value is -4.78. The molecule has 2 aromatic heterocycles. The normalized spacial score (nSPS) is 12.1. The number of carbonyl (C=O) groups is 2. The van der Waals surface area contributed by atoms with Gasteiger partial charge in [-0.05, 0) is 55.7 Å². The number of hydrogen-bond donors (Lipinski definition) is 1. The zero-order chi connectivity index (χ0) is 24.4. The fourth-order valence-corrected chi connectivity index (χ4v) is 4.08. The highest BCUT2D eigenvalue weighted by Crippen LogP contribution is 2.28. The van der Waals surface area contributed by atoms with E-state index in [9.17, 15) is 19.2 Å². The Morgan fingerprint density at radius 2 is 1.80 bits per heavy atom. The summed E-state index contributed by atoms with van der Waals surface area (Å²) >= 11 is 0. The number of para-hydroxylation sites is 1. The van der Waals surface area contributed by atoms with Gasteiger partial charge in [0.1, 0.15) is 17.4 Å². The number of fused-ring (bicyclic) bond motifs is 1. The van der Waals surface area contributed by atoms with Crippen LogP contribution >= 0.6 is 0 Å². The van der Waals surface area contributed by atoms with E-state index in [4.69, 9.17) is 4.74 Å². The fraction of sp³-hybridized carbons (Fsp3) is 0.160. The zero-order valence-corrected chi connectivity index (χ0v) is 18.4. The second-order valence-corrected chi connectivity index (χ2v) is 7.91. The predicted molar refractivity (Wildman–Crippen MR) is 123 cm³/mol. The van der Waals surface area contributed by atoms with Gasteiger partial charge in [-0.25, -0.2) is 18.5 Å². The number of esters is 1. The molecule has 10 heteroatoms. The van der Waals surface area contributed by atoms with Crippen LogP contribution in [0.3, 0.4) is 0 Å². The minimum Gasteiger partial charge on any atom is -0.451 e. The minimum absolute atomic E-state index is 0.140. The molecule has 0 saturated carbocycles. The monoisotopic (exact) mass is 470 g/mol. The van der Waals surface area contributed by atoms with Crippen molar-refractivity contribution in [3.63, 3.8) is 0 Å². The number of nitrogens with one attached hydrogen (secondary N) is 1. The van der Waals surface area contributed by atoms with Gasteiger partial charge in [-0.2, -0.15) is 15.5 Å².